The number of benzene rings is 1. The molecular weight excluding hydrogens is 156 g/mol. The molecule has 1 aromatic carbocycles. The maximum Gasteiger partial charge on any atom is -0.0219 e. The van der Waals surface area contributed by atoms with E-state index >= 15 is 0 Å². The lowest BCUT2D eigenvalue weighted by molar-refractivity contribution is 0.857. The van der Waals surface area contributed by atoms with Crippen LogP contribution in [0.15, 0.2) is 24.8 Å². The monoisotopic (exact) mass is 174 g/mol. The zero-order valence-electron chi connectivity index (χ0n) is 9.02. The Labute approximate surface area is 81.3 Å². The van der Waals surface area contributed by atoms with Crippen molar-refractivity contribution < 1.29 is 0 Å². The van der Waals surface area contributed by atoms with Crippen molar-refractivity contribution in [2.75, 3.05) is 0 Å². The molecule has 0 aliphatic heterocycles. The molecule has 0 saturated heterocycles. The van der Waals surface area contributed by atoms with Gasteiger partial charge in [0.1, 0.15) is 0 Å². The summed E-state index contributed by atoms with van der Waals surface area (Å²) >= 11 is 0. The van der Waals surface area contributed by atoms with Gasteiger partial charge in [0.05, 0.1) is 0 Å². The number of allylic oxidation sites excluding steroid dienone is 1. The Balaban J connectivity index is 3.08. The third-order valence-corrected chi connectivity index (χ3v) is 2.29. The Morgan fingerprint density at radius 2 is 1.54 bits per heavy atom. The molecule has 0 aliphatic rings. The van der Waals surface area contributed by atoms with Crippen molar-refractivity contribution >= 4 is 5.57 Å². The summed E-state index contributed by atoms with van der Waals surface area (Å²) in [5.74, 6) is 0.529. The third-order valence-electron chi connectivity index (χ3n) is 2.29. The Hall–Kier alpha value is -1.04. The summed E-state index contributed by atoms with van der Waals surface area (Å²) in [6.45, 7) is 12.7. The Morgan fingerprint density at radius 3 is 1.92 bits per heavy atom. The predicted molar refractivity (Wildman–Crippen MR) is 59.8 cm³/mol. The van der Waals surface area contributed by atoms with Crippen LogP contribution >= 0.6 is 0 Å². The van der Waals surface area contributed by atoms with E-state index in [-0.39, 0.29) is 0 Å². The highest BCUT2D eigenvalue weighted by molar-refractivity contribution is 5.65. The summed E-state index contributed by atoms with van der Waals surface area (Å²) in [5.41, 5.74) is 5.15. The second-order valence-electron chi connectivity index (χ2n) is 4.06. The van der Waals surface area contributed by atoms with Crippen LogP contribution in [0.2, 0.25) is 0 Å². The van der Waals surface area contributed by atoms with Crippen LogP contribution in [0.5, 0.6) is 0 Å². The van der Waals surface area contributed by atoms with E-state index < -0.39 is 0 Å². The van der Waals surface area contributed by atoms with Gasteiger partial charge in [0.15, 0.2) is 0 Å². The lowest BCUT2D eigenvalue weighted by Crippen LogP contribution is -1.93. The van der Waals surface area contributed by atoms with Crippen molar-refractivity contribution in [1.82, 2.24) is 0 Å². The summed E-state index contributed by atoms with van der Waals surface area (Å²) in [6, 6.07) is 6.60. The first-order chi connectivity index (χ1) is 6.00. The van der Waals surface area contributed by atoms with Gasteiger partial charge >= 0.3 is 0 Å². The summed E-state index contributed by atoms with van der Waals surface area (Å²) in [6.07, 6.45) is 0. The highest BCUT2D eigenvalue weighted by Gasteiger charge is 2.04. The molecule has 1 aromatic rings. The highest BCUT2D eigenvalue weighted by Crippen LogP contribution is 2.22. The van der Waals surface area contributed by atoms with Crippen molar-refractivity contribution in [3.8, 4) is 0 Å². The average Bonchev–Trinajstić information content (AvgIpc) is 2.01. The van der Waals surface area contributed by atoms with Crippen LogP contribution in [-0.2, 0) is 0 Å². The zero-order chi connectivity index (χ0) is 10.0. The van der Waals surface area contributed by atoms with Crippen molar-refractivity contribution in [3.63, 3.8) is 0 Å². The molecule has 0 amide bonds. The lowest BCUT2D eigenvalue weighted by Gasteiger charge is -2.11. The van der Waals surface area contributed by atoms with E-state index in [2.05, 4.69) is 52.5 Å². The minimum absolute atomic E-state index is 0.529. The second-order valence-corrected chi connectivity index (χ2v) is 4.06. The molecular formula is C13H18. The summed E-state index contributed by atoms with van der Waals surface area (Å²) in [7, 11) is 0. The Bertz CT molecular complexity index is 299. The van der Waals surface area contributed by atoms with E-state index in [1.54, 1.807) is 0 Å². The molecule has 0 heteroatoms. The first kappa shape index (κ1) is 10.0. The maximum absolute atomic E-state index is 4.11. The Kier molecular flexibility index (Phi) is 2.92. The smallest absolute Gasteiger partial charge is 0.0219 e. The standard InChI is InChI=1S/C13H18/c1-9(2)12(5)13-7-10(3)6-11(4)8-13/h6-9H,5H2,1-4H3. The molecule has 0 aromatic heterocycles. The van der Waals surface area contributed by atoms with Crippen LogP contribution in [0.1, 0.15) is 30.5 Å². The molecule has 0 saturated carbocycles. The second kappa shape index (κ2) is 3.78. The molecule has 0 fully saturated rings. The van der Waals surface area contributed by atoms with Crippen molar-refractivity contribution in [2.45, 2.75) is 27.7 Å². The van der Waals surface area contributed by atoms with Gasteiger partial charge in [0.2, 0.25) is 0 Å². The minimum atomic E-state index is 0.529. The van der Waals surface area contributed by atoms with Gasteiger partial charge in [0.25, 0.3) is 0 Å². The normalized spacial score (nSPS) is 10.5. The van der Waals surface area contributed by atoms with E-state index in [0.29, 0.717) is 5.92 Å². The van der Waals surface area contributed by atoms with Gasteiger partial charge in [-0.1, -0.05) is 49.8 Å². The molecule has 0 aliphatic carbocycles. The lowest BCUT2D eigenvalue weighted by atomic mass is 9.94. The van der Waals surface area contributed by atoms with Crippen LogP contribution in [0.4, 0.5) is 0 Å². The van der Waals surface area contributed by atoms with E-state index in [1.165, 1.54) is 22.3 Å². The van der Waals surface area contributed by atoms with Gasteiger partial charge in [-0.3, -0.25) is 0 Å². The Morgan fingerprint density at radius 1 is 1.08 bits per heavy atom. The zero-order valence-corrected chi connectivity index (χ0v) is 9.02. The van der Waals surface area contributed by atoms with Gasteiger partial charge in [-0.05, 0) is 30.9 Å². The van der Waals surface area contributed by atoms with Crippen LogP contribution in [0, 0.1) is 19.8 Å². The van der Waals surface area contributed by atoms with E-state index in [4.69, 9.17) is 0 Å². The summed E-state index contributed by atoms with van der Waals surface area (Å²) in [5, 5.41) is 0. The molecule has 13 heavy (non-hydrogen) atoms. The predicted octanol–water partition coefficient (Wildman–Crippen LogP) is 3.97. The molecule has 0 heterocycles. The number of hydrogen-bond acceptors (Lipinski definition) is 0. The summed E-state index contributed by atoms with van der Waals surface area (Å²) < 4.78 is 0. The first-order valence-corrected chi connectivity index (χ1v) is 4.78. The number of aryl methyl sites for hydroxylation is 2. The van der Waals surface area contributed by atoms with Gasteiger partial charge in [0, 0.05) is 0 Å². The molecule has 0 radical (unpaired) electrons. The number of hydrogen-bond donors (Lipinski definition) is 0. The van der Waals surface area contributed by atoms with E-state index in [0.717, 1.165) is 0 Å². The summed E-state index contributed by atoms with van der Waals surface area (Å²) in [4.78, 5) is 0. The first-order valence-electron chi connectivity index (χ1n) is 4.78. The topological polar surface area (TPSA) is 0 Å². The average molecular weight is 174 g/mol. The van der Waals surface area contributed by atoms with Crippen LogP contribution in [-0.4, -0.2) is 0 Å². The molecule has 0 N–H and O–H groups in total. The number of rotatable bonds is 2. The molecule has 70 valence electrons. The largest absolute Gasteiger partial charge is 0.0950 e. The van der Waals surface area contributed by atoms with Crippen molar-refractivity contribution in [2.24, 2.45) is 5.92 Å². The highest BCUT2D eigenvalue weighted by atomic mass is 14.1. The fraction of sp³-hybridized carbons (Fsp3) is 0.385. The van der Waals surface area contributed by atoms with Gasteiger partial charge in [-0.15, -0.1) is 0 Å². The van der Waals surface area contributed by atoms with E-state index in [1.807, 2.05) is 0 Å². The molecule has 0 nitrogen and oxygen atoms in total. The SMILES string of the molecule is C=C(c1cc(C)cc(C)c1)C(C)C. The fourth-order valence-electron chi connectivity index (χ4n) is 1.49. The molecule has 1 rings (SSSR count). The minimum Gasteiger partial charge on any atom is -0.0950 e. The van der Waals surface area contributed by atoms with Crippen molar-refractivity contribution in [3.05, 3.63) is 41.5 Å². The van der Waals surface area contributed by atoms with Crippen LogP contribution < -0.4 is 0 Å². The van der Waals surface area contributed by atoms with Gasteiger partial charge in [-0.25, -0.2) is 0 Å². The van der Waals surface area contributed by atoms with Crippen LogP contribution in [0.25, 0.3) is 5.57 Å². The third kappa shape index (κ3) is 2.45. The van der Waals surface area contributed by atoms with E-state index in [9.17, 15) is 0 Å². The van der Waals surface area contributed by atoms with Crippen molar-refractivity contribution in [1.29, 1.82) is 0 Å². The molecule has 0 atom stereocenters. The molecule has 0 bridgehead atoms. The fourth-order valence-corrected chi connectivity index (χ4v) is 1.49. The quantitative estimate of drug-likeness (QED) is 0.636. The maximum atomic E-state index is 4.11. The van der Waals surface area contributed by atoms with Gasteiger partial charge in [-0.2, -0.15) is 0 Å². The van der Waals surface area contributed by atoms with Gasteiger partial charge < -0.3 is 0 Å². The molecule has 0 unspecified atom stereocenters. The molecule has 0 spiro atoms. The van der Waals surface area contributed by atoms with Crippen LogP contribution in [0.3, 0.4) is 0 Å².